The maximum Gasteiger partial charge on any atom is 0.198 e. The topological polar surface area (TPSA) is 56.0 Å². The summed E-state index contributed by atoms with van der Waals surface area (Å²) in [5.74, 6) is 0.382. The number of anilines is 1. The number of fused-ring (bicyclic) bond motifs is 4. The summed E-state index contributed by atoms with van der Waals surface area (Å²) in [5.41, 5.74) is 6.68. The van der Waals surface area contributed by atoms with Crippen LogP contribution in [0, 0.1) is 0 Å². The van der Waals surface area contributed by atoms with Crippen LogP contribution in [-0.2, 0) is 0 Å². The first kappa shape index (κ1) is 12.6. The Balaban J connectivity index is 2.41. The smallest absolute Gasteiger partial charge is 0.198 e. The van der Waals surface area contributed by atoms with Crippen LogP contribution in [0.1, 0.15) is 0 Å². The quantitative estimate of drug-likeness (QED) is 0.391. The van der Waals surface area contributed by atoms with E-state index in [9.17, 15) is 4.79 Å². The van der Waals surface area contributed by atoms with Gasteiger partial charge in [-0.15, -0.1) is 11.3 Å². The molecule has 2 aromatic carbocycles. The van der Waals surface area contributed by atoms with Crippen LogP contribution in [0.5, 0.6) is 0 Å². The van der Waals surface area contributed by atoms with Gasteiger partial charge in [0.15, 0.2) is 5.43 Å². The molecule has 102 valence electrons. The molecule has 2 N–H and O–H groups in total. The average molecular weight is 313 g/mol. The Kier molecular flexibility index (Phi) is 2.64. The van der Waals surface area contributed by atoms with Crippen LogP contribution >= 0.6 is 22.9 Å². The lowest BCUT2D eigenvalue weighted by Crippen LogP contribution is -2.05. The first-order valence-electron chi connectivity index (χ1n) is 6.36. The molecule has 4 rings (SSSR count). The van der Waals surface area contributed by atoms with Crippen molar-refractivity contribution in [1.82, 2.24) is 4.98 Å². The SMILES string of the molecule is Nc1nc2ccccc2c2c(=O)c3c(Cl)cccc3sc12. The van der Waals surface area contributed by atoms with Crippen LogP contribution in [0.15, 0.2) is 47.3 Å². The van der Waals surface area contributed by atoms with Gasteiger partial charge in [-0.05, 0) is 18.2 Å². The van der Waals surface area contributed by atoms with Gasteiger partial charge in [-0.2, -0.15) is 0 Å². The van der Waals surface area contributed by atoms with E-state index >= 15 is 0 Å². The lowest BCUT2D eigenvalue weighted by atomic mass is 10.1. The number of pyridine rings is 1. The van der Waals surface area contributed by atoms with Gasteiger partial charge in [-0.25, -0.2) is 4.98 Å². The monoisotopic (exact) mass is 312 g/mol. The van der Waals surface area contributed by atoms with E-state index in [1.54, 1.807) is 6.07 Å². The van der Waals surface area contributed by atoms with Gasteiger partial charge in [-0.1, -0.05) is 35.9 Å². The highest BCUT2D eigenvalue weighted by atomic mass is 35.5. The van der Waals surface area contributed by atoms with Crippen LogP contribution < -0.4 is 11.2 Å². The highest BCUT2D eigenvalue weighted by molar-refractivity contribution is 7.25. The zero-order chi connectivity index (χ0) is 14.6. The number of hydrogen-bond acceptors (Lipinski definition) is 4. The second-order valence-electron chi connectivity index (χ2n) is 4.76. The largest absolute Gasteiger partial charge is 0.382 e. The fourth-order valence-corrected chi connectivity index (χ4v) is 4.03. The Labute approximate surface area is 128 Å². The van der Waals surface area contributed by atoms with Crippen molar-refractivity contribution in [2.75, 3.05) is 5.73 Å². The van der Waals surface area contributed by atoms with Crippen molar-refractivity contribution < 1.29 is 0 Å². The molecule has 4 aromatic rings. The van der Waals surface area contributed by atoms with Crippen LogP contribution in [-0.4, -0.2) is 4.98 Å². The fourth-order valence-electron chi connectivity index (χ4n) is 2.59. The summed E-state index contributed by atoms with van der Waals surface area (Å²) in [7, 11) is 0. The summed E-state index contributed by atoms with van der Waals surface area (Å²) in [6.45, 7) is 0. The summed E-state index contributed by atoms with van der Waals surface area (Å²) in [6, 6.07) is 12.9. The minimum Gasteiger partial charge on any atom is -0.382 e. The van der Waals surface area contributed by atoms with Crippen molar-refractivity contribution in [2.45, 2.75) is 0 Å². The predicted molar refractivity (Wildman–Crippen MR) is 90.3 cm³/mol. The number of aromatic nitrogens is 1. The van der Waals surface area contributed by atoms with Crippen LogP contribution in [0.2, 0.25) is 5.02 Å². The second kappa shape index (κ2) is 4.41. The maximum absolute atomic E-state index is 12.9. The Morgan fingerprint density at radius 3 is 2.71 bits per heavy atom. The third kappa shape index (κ3) is 1.73. The number of halogens is 1. The van der Waals surface area contributed by atoms with E-state index in [4.69, 9.17) is 17.3 Å². The number of nitrogens with zero attached hydrogens (tertiary/aromatic N) is 1. The number of hydrogen-bond donors (Lipinski definition) is 1. The second-order valence-corrected chi connectivity index (χ2v) is 6.22. The number of nitrogen functional groups attached to an aromatic ring is 1. The Bertz CT molecular complexity index is 1090. The third-order valence-corrected chi connectivity index (χ3v) is 5.01. The Morgan fingerprint density at radius 1 is 1.05 bits per heavy atom. The number of benzene rings is 2. The molecule has 0 aliphatic heterocycles. The molecular weight excluding hydrogens is 304 g/mol. The van der Waals surface area contributed by atoms with Crippen molar-refractivity contribution in [1.29, 1.82) is 0 Å². The van der Waals surface area contributed by atoms with Gasteiger partial charge in [0.2, 0.25) is 0 Å². The van der Waals surface area contributed by atoms with E-state index in [1.807, 2.05) is 36.4 Å². The van der Waals surface area contributed by atoms with Crippen LogP contribution in [0.25, 0.3) is 31.1 Å². The van der Waals surface area contributed by atoms with Crippen molar-refractivity contribution in [3.05, 3.63) is 57.7 Å². The molecule has 0 unspecified atom stereocenters. The van der Waals surface area contributed by atoms with Gasteiger partial charge in [0, 0.05) is 10.1 Å². The zero-order valence-electron chi connectivity index (χ0n) is 10.8. The number of nitrogens with two attached hydrogens (primary N) is 1. The molecule has 0 spiro atoms. The summed E-state index contributed by atoms with van der Waals surface area (Å²) < 4.78 is 1.54. The number of para-hydroxylation sites is 1. The van der Waals surface area contributed by atoms with Gasteiger partial charge in [-0.3, -0.25) is 4.79 Å². The van der Waals surface area contributed by atoms with Gasteiger partial charge in [0.05, 0.1) is 26.0 Å². The van der Waals surface area contributed by atoms with Crippen molar-refractivity contribution in [2.24, 2.45) is 0 Å². The Morgan fingerprint density at radius 2 is 1.86 bits per heavy atom. The normalized spacial score (nSPS) is 11.5. The maximum atomic E-state index is 12.9. The van der Waals surface area contributed by atoms with Crippen molar-refractivity contribution in [3.63, 3.8) is 0 Å². The first-order chi connectivity index (χ1) is 10.2. The lowest BCUT2D eigenvalue weighted by Gasteiger charge is -2.07. The molecule has 0 saturated heterocycles. The van der Waals surface area contributed by atoms with E-state index in [1.165, 1.54) is 11.3 Å². The average Bonchev–Trinajstić information content (AvgIpc) is 2.47. The molecule has 0 bridgehead atoms. The van der Waals surface area contributed by atoms with E-state index in [-0.39, 0.29) is 5.43 Å². The fraction of sp³-hybridized carbons (Fsp3) is 0. The van der Waals surface area contributed by atoms with Crippen molar-refractivity contribution in [3.8, 4) is 0 Å². The van der Waals surface area contributed by atoms with Crippen molar-refractivity contribution >= 4 is 59.8 Å². The minimum absolute atomic E-state index is 0.0883. The molecule has 0 radical (unpaired) electrons. The molecule has 0 aliphatic rings. The van der Waals surface area contributed by atoms with E-state index in [0.717, 1.165) is 15.6 Å². The molecule has 3 nitrogen and oxygen atoms in total. The van der Waals surface area contributed by atoms with Gasteiger partial charge in [0.1, 0.15) is 5.82 Å². The summed E-state index contributed by atoms with van der Waals surface area (Å²) >= 11 is 7.66. The van der Waals surface area contributed by atoms with Gasteiger partial charge in [0.25, 0.3) is 0 Å². The summed E-state index contributed by atoms with van der Waals surface area (Å²) in [6.07, 6.45) is 0. The highest BCUT2D eigenvalue weighted by Gasteiger charge is 2.14. The molecule has 0 saturated carbocycles. The van der Waals surface area contributed by atoms with E-state index < -0.39 is 0 Å². The third-order valence-electron chi connectivity index (χ3n) is 3.52. The van der Waals surface area contributed by atoms with E-state index in [0.29, 0.717) is 26.3 Å². The molecule has 0 atom stereocenters. The molecule has 5 heteroatoms. The first-order valence-corrected chi connectivity index (χ1v) is 7.55. The molecule has 0 amide bonds. The molecule has 2 aromatic heterocycles. The molecule has 2 heterocycles. The molecule has 21 heavy (non-hydrogen) atoms. The number of rotatable bonds is 0. The highest BCUT2D eigenvalue weighted by Crippen LogP contribution is 2.34. The van der Waals surface area contributed by atoms with Gasteiger partial charge < -0.3 is 5.73 Å². The standard InChI is InChI=1S/C16H9ClN2OS/c17-9-5-3-7-11-13(9)14(20)12-8-4-1-2-6-10(8)19-16(18)15(12)21-11/h1-7H,(H2,18,19). The van der Waals surface area contributed by atoms with Crippen LogP contribution in [0.4, 0.5) is 5.82 Å². The molecule has 0 fully saturated rings. The van der Waals surface area contributed by atoms with Crippen LogP contribution in [0.3, 0.4) is 0 Å². The summed E-state index contributed by atoms with van der Waals surface area (Å²) in [4.78, 5) is 17.3. The van der Waals surface area contributed by atoms with Gasteiger partial charge >= 0.3 is 0 Å². The summed E-state index contributed by atoms with van der Waals surface area (Å²) in [5, 5.41) is 2.43. The predicted octanol–water partition coefficient (Wildman–Crippen LogP) is 4.20. The molecular formula is C16H9ClN2OS. The van der Waals surface area contributed by atoms with E-state index in [2.05, 4.69) is 4.98 Å². The lowest BCUT2D eigenvalue weighted by molar-refractivity contribution is 1.45. The minimum atomic E-state index is -0.0883. The molecule has 0 aliphatic carbocycles. The zero-order valence-corrected chi connectivity index (χ0v) is 12.3. The Hall–Kier alpha value is -2.17.